The van der Waals surface area contributed by atoms with Crippen LogP contribution in [0.25, 0.3) is 0 Å². The van der Waals surface area contributed by atoms with E-state index in [1.54, 1.807) is 12.1 Å². The zero-order chi connectivity index (χ0) is 9.68. The fraction of sp³-hybridized carbons (Fsp3) is 0.300. The fourth-order valence-corrected chi connectivity index (χ4v) is 1.17. The number of alkyl halides is 2. The minimum Gasteiger partial charge on any atom is -0.296 e. The van der Waals surface area contributed by atoms with E-state index >= 15 is 0 Å². The minimum atomic E-state index is -1.54. The Morgan fingerprint density at radius 2 is 2.00 bits per heavy atom. The molecule has 0 amide bonds. The van der Waals surface area contributed by atoms with Gasteiger partial charge < -0.3 is 0 Å². The van der Waals surface area contributed by atoms with Crippen molar-refractivity contribution in [2.75, 3.05) is 5.88 Å². The molecule has 0 radical (unpaired) electrons. The van der Waals surface area contributed by atoms with Crippen LogP contribution in [0.3, 0.4) is 0 Å². The standard InChI is InChI=1S/C10H10ClFO/c11-7-9(12)10(13)6-8-4-2-1-3-5-8/h1-5,9H,6-7H2. The quantitative estimate of drug-likeness (QED) is 0.682. The number of benzene rings is 1. The Balaban J connectivity index is 2.55. The number of carbonyl (C=O) groups is 1. The van der Waals surface area contributed by atoms with Gasteiger partial charge in [0, 0.05) is 6.42 Å². The molecule has 1 nitrogen and oxygen atoms in total. The first kappa shape index (κ1) is 10.2. The molecule has 13 heavy (non-hydrogen) atoms. The first-order chi connectivity index (χ1) is 6.24. The molecule has 1 rings (SSSR count). The van der Waals surface area contributed by atoms with Gasteiger partial charge in [-0.15, -0.1) is 11.6 Å². The van der Waals surface area contributed by atoms with E-state index in [1.807, 2.05) is 18.2 Å². The van der Waals surface area contributed by atoms with E-state index in [9.17, 15) is 9.18 Å². The Bertz CT molecular complexity index is 274. The summed E-state index contributed by atoms with van der Waals surface area (Å²) < 4.78 is 12.7. The Morgan fingerprint density at radius 1 is 1.38 bits per heavy atom. The molecule has 0 spiro atoms. The van der Waals surface area contributed by atoms with E-state index < -0.39 is 12.0 Å². The van der Waals surface area contributed by atoms with Gasteiger partial charge in [-0.25, -0.2) is 4.39 Å². The summed E-state index contributed by atoms with van der Waals surface area (Å²) in [5.74, 6) is -0.715. The van der Waals surface area contributed by atoms with Crippen LogP contribution in [0, 0.1) is 0 Å². The minimum absolute atomic E-state index is 0.120. The van der Waals surface area contributed by atoms with E-state index in [1.165, 1.54) is 0 Å². The summed E-state index contributed by atoms with van der Waals surface area (Å²) in [5.41, 5.74) is 0.820. The van der Waals surface area contributed by atoms with Crippen molar-refractivity contribution in [3.05, 3.63) is 35.9 Å². The van der Waals surface area contributed by atoms with E-state index in [0.29, 0.717) is 0 Å². The molecule has 0 aliphatic heterocycles. The highest BCUT2D eigenvalue weighted by atomic mass is 35.5. The predicted octanol–water partition coefficient (Wildman–Crippen LogP) is 2.38. The molecule has 3 heteroatoms. The topological polar surface area (TPSA) is 17.1 Å². The van der Waals surface area contributed by atoms with Crippen molar-refractivity contribution in [1.82, 2.24) is 0 Å². The smallest absolute Gasteiger partial charge is 0.172 e. The van der Waals surface area contributed by atoms with Crippen LogP contribution in [0.2, 0.25) is 0 Å². The van der Waals surface area contributed by atoms with Gasteiger partial charge >= 0.3 is 0 Å². The average Bonchev–Trinajstić information content (AvgIpc) is 2.18. The average molecular weight is 201 g/mol. The molecule has 0 saturated heterocycles. The third-order valence-corrected chi connectivity index (χ3v) is 1.98. The second kappa shape index (κ2) is 4.97. The van der Waals surface area contributed by atoms with Crippen LogP contribution >= 0.6 is 11.6 Å². The van der Waals surface area contributed by atoms with Crippen LogP contribution in [0.4, 0.5) is 4.39 Å². The summed E-state index contributed by atoms with van der Waals surface area (Å²) in [5, 5.41) is 0. The summed E-state index contributed by atoms with van der Waals surface area (Å²) in [6, 6.07) is 9.06. The summed E-state index contributed by atoms with van der Waals surface area (Å²) >= 11 is 5.22. The van der Waals surface area contributed by atoms with Crippen LogP contribution in [0.15, 0.2) is 30.3 Å². The van der Waals surface area contributed by atoms with Gasteiger partial charge in [0.2, 0.25) is 0 Å². The number of halogens is 2. The number of Topliss-reactive ketones (excluding diaryl/α,β-unsaturated/α-hetero) is 1. The van der Waals surface area contributed by atoms with Crippen molar-refractivity contribution in [3.8, 4) is 0 Å². The van der Waals surface area contributed by atoms with E-state index in [0.717, 1.165) is 5.56 Å². The molecule has 70 valence electrons. The van der Waals surface area contributed by atoms with Gasteiger partial charge in [0.05, 0.1) is 5.88 Å². The number of ketones is 1. The van der Waals surface area contributed by atoms with Crippen molar-refractivity contribution in [3.63, 3.8) is 0 Å². The summed E-state index contributed by atoms with van der Waals surface area (Å²) in [4.78, 5) is 11.1. The molecule has 0 aromatic heterocycles. The molecule has 0 saturated carbocycles. The van der Waals surface area contributed by atoms with Gasteiger partial charge in [0.15, 0.2) is 12.0 Å². The van der Waals surface area contributed by atoms with Gasteiger partial charge in [-0.05, 0) is 5.56 Å². The first-order valence-electron chi connectivity index (χ1n) is 4.00. The predicted molar refractivity (Wildman–Crippen MR) is 50.8 cm³/mol. The van der Waals surface area contributed by atoms with Gasteiger partial charge in [-0.2, -0.15) is 0 Å². The molecule has 1 aromatic carbocycles. The highest BCUT2D eigenvalue weighted by Gasteiger charge is 2.15. The van der Waals surface area contributed by atoms with Gasteiger partial charge in [-0.1, -0.05) is 30.3 Å². The maximum atomic E-state index is 12.7. The molecule has 0 aliphatic rings. The Labute approximate surface area is 81.5 Å². The lowest BCUT2D eigenvalue weighted by Crippen LogP contribution is -2.19. The van der Waals surface area contributed by atoms with Crippen molar-refractivity contribution >= 4 is 17.4 Å². The lowest BCUT2D eigenvalue weighted by molar-refractivity contribution is -0.122. The van der Waals surface area contributed by atoms with Gasteiger partial charge in [0.25, 0.3) is 0 Å². The van der Waals surface area contributed by atoms with E-state index in [4.69, 9.17) is 11.6 Å². The molecule has 0 N–H and O–H groups in total. The normalized spacial score (nSPS) is 12.5. The Kier molecular flexibility index (Phi) is 3.90. The zero-order valence-electron chi connectivity index (χ0n) is 7.04. The molecular weight excluding hydrogens is 191 g/mol. The van der Waals surface area contributed by atoms with Gasteiger partial charge in [0.1, 0.15) is 0 Å². The summed E-state index contributed by atoms with van der Waals surface area (Å²) in [6.07, 6.45) is -1.42. The molecular formula is C10H10ClFO. The Morgan fingerprint density at radius 3 is 2.54 bits per heavy atom. The number of hydrogen-bond donors (Lipinski definition) is 0. The number of hydrogen-bond acceptors (Lipinski definition) is 1. The summed E-state index contributed by atoms with van der Waals surface area (Å²) in [6.45, 7) is 0. The first-order valence-corrected chi connectivity index (χ1v) is 4.54. The highest BCUT2D eigenvalue weighted by Crippen LogP contribution is 2.05. The third kappa shape index (κ3) is 3.15. The van der Waals surface area contributed by atoms with Crippen molar-refractivity contribution in [1.29, 1.82) is 0 Å². The van der Waals surface area contributed by atoms with Crippen LogP contribution < -0.4 is 0 Å². The van der Waals surface area contributed by atoms with Crippen LogP contribution in [-0.2, 0) is 11.2 Å². The second-order valence-electron chi connectivity index (χ2n) is 2.75. The molecule has 1 aromatic rings. The lowest BCUT2D eigenvalue weighted by Gasteiger charge is -2.02. The largest absolute Gasteiger partial charge is 0.296 e. The second-order valence-corrected chi connectivity index (χ2v) is 3.06. The third-order valence-electron chi connectivity index (χ3n) is 1.71. The summed E-state index contributed by atoms with van der Waals surface area (Å²) in [7, 11) is 0. The molecule has 0 fully saturated rings. The van der Waals surface area contributed by atoms with Crippen molar-refractivity contribution < 1.29 is 9.18 Å². The Hall–Kier alpha value is -0.890. The lowest BCUT2D eigenvalue weighted by atomic mass is 10.1. The number of carbonyl (C=O) groups excluding carboxylic acids is 1. The molecule has 1 unspecified atom stereocenters. The van der Waals surface area contributed by atoms with Crippen LogP contribution in [-0.4, -0.2) is 17.8 Å². The van der Waals surface area contributed by atoms with Crippen LogP contribution in [0.1, 0.15) is 5.56 Å². The molecule has 0 bridgehead atoms. The van der Waals surface area contributed by atoms with Crippen molar-refractivity contribution in [2.24, 2.45) is 0 Å². The zero-order valence-corrected chi connectivity index (χ0v) is 7.80. The SMILES string of the molecule is O=C(Cc1ccccc1)C(F)CCl. The van der Waals surface area contributed by atoms with Crippen LogP contribution in [0.5, 0.6) is 0 Å². The van der Waals surface area contributed by atoms with E-state index in [2.05, 4.69) is 0 Å². The van der Waals surface area contributed by atoms with Gasteiger partial charge in [-0.3, -0.25) is 4.79 Å². The van der Waals surface area contributed by atoms with E-state index in [-0.39, 0.29) is 12.3 Å². The molecule has 1 atom stereocenters. The number of rotatable bonds is 4. The van der Waals surface area contributed by atoms with Crippen molar-refractivity contribution in [2.45, 2.75) is 12.6 Å². The molecule has 0 heterocycles. The molecule has 0 aliphatic carbocycles. The maximum absolute atomic E-state index is 12.7. The maximum Gasteiger partial charge on any atom is 0.172 e. The fourth-order valence-electron chi connectivity index (χ4n) is 0.994. The monoisotopic (exact) mass is 200 g/mol. The highest BCUT2D eigenvalue weighted by molar-refractivity contribution is 6.19.